The first-order valence-electron chi connectivity index (χ1n) is 4.44. The highest BCUT2D eigenvalue weighted by atomic mass is 19.4. The lowest BCUT2D eigenvalue weighted by atomic mass is 10.0. The number of hydrogen-bond acceptors (Lipinski definition) is 2. The summed E-state index contributed by atoms with van der Waals surface area (Å²) in [6, 6.07) is -1.34. The molecule has 1 fully saturated rings. The molecule has 7 heteroatoms. The number of carbonyl (C=O) groups is 2. The highest BCUT2D eigenvalue weighted by molar-refractivity contribution is 5.87. The third-order valence-corrected chi connectivity index (χ3v) is 2.29. The highest BCUT2D eigenvalue weighted by Crippen LogP contribution is 2.25. The van der Waals surface area contributed by atoms with Gasteiger partial charge in [0.2, 0.25) is 0 Å². The number of halogens is 3. The van der Waals surface area contributed by atoms with Gasteiger partial charge in [0.05, 0.1) is 0 Å². The molecule has 1 aliphatic heterocycles. The zero-order chi connectivity index (χ0) is 11.6. The van der Waals surface area contributed by atoms with Crippen molar-refractivity contribution in [2.45, 2.75) is 31.5 Å². The SMILES string of the molecule is O=C(O)[C@H]1CCCCN1C(=O)C(F)(F)F. The van der Waals surface area contributed by atoms with Crippen molar-refractivity contribution in [1.29, 1.82) is 0 Å². The molecular weight excluding hydrogens is 215 g/mol. The van der Waals surface area contributed by atoms with Crippen molar-refractivity contribution in [3.05, 3.63) is 0 Å². The molecule has 86 valence electrons. The fourth-order valence-electron chi connectivity index (χ4n) is 1.59. The van der Waals surface area contributed by atoms with Gasteiger partial charge in [-0.05, 0) is 19.3 Å². The van der Waals surface area contributed by atoms with Gasteiger partial charge in [0.25, 0.3) is 0 Å². The predicted molar refractivity (Wildman–Crippen MR) is 43.0 cm³/mol. The van der Waals surface area contributed by atoms with Crippen molar-refractivity contribution >= 4 is 11.9 Å². The Morgan fingerprint density at radius 1 is 1.27 bits per heavy atom. The second-order valence-corrected chi connectivity index (χ2v) is 3.35. The van der Waals surface area contributed by atoms with E-state index in [1.54, 1.807) is 0 Å². The highest BCUT2D eigenvalue weighted by Gasteiger charge is 2.46. The van der Waals surface area contributed by atoms with Gasteiger partial charge in [-0.3, -0.25) is 4.79 Å². The van der Waals surface area contributed by atoms with Crippen molar-refractivity contribution in [3.63, 3.8) is 0 Å². The molecule has 0 bridgehead atoms. The van der Waals surface area contributed by atoms with Crippen LogP contribution in [0.5, 0.6) is 0 Å². The van der Waals surface area contributed by atoms with Crippen LogP contribution in [-0.4, -0.2) is 40.6 Å². The molecule has 0 aromatic carbocycles. The van der Waals surface area contributed by atoms with E-state index in [0.29, 0.717) is 17.7 Å². The van der Waals surface area contributed by atoms with Crippen LogP contribution in [0.25, 0.3) is 0 Å². The predicted octanol–water partition coefficient (Wildman–Crippen LogP) is 1.01. The summed E-state index contributed by atoms with van der Waals surface area (Å²) in [6.45, 7) is -0.144. The van der Waals surface area contributed by atoms with Gasteiger partial charge >= 0.3 is 18.1 Å². The first kappa shape index (κ1) is 11.8. The van der Waals surface area contributed by atoms with E-state index in [1.807, 2.05) is 0 Å². The molecule has 15 heavy (non-hydrogen) atoms. The molecule has 4 nitrogen and oxygen atoms in total. The van der Waals surface area contributed by atoms with Crippen molar-refractivity contribution in [1.82, 2.24) is 4.90 Å². The topological polar surface area (TPSA) is 57.6 Å². The van der Waals surface area contributed by atoms with E-state index in [2.05, 4.69) is 0 Å². The summed E-state index contributed by atoms with van der Waals surface area (Å²) in [5, 5.41) is 8.66. The van der Waals surface area contributed by atoms with E-state index in [-0.39, 0.29) is 13.0 Å². The third kappa shape index (κ3) is 2.60. The fourth-order valence-corrected chi connectivity index (χ4v) is 1.59. The minimum Gasteiger partial charge on any atom is -0.480 e. The number of aliphatic carboxylic acids is 1. The lowest BCUT2D eigenvalue weighted by molar-refractivity contribution is -0.191. The number of alkyl halides is 3. The molecular formula is C8H10F3NO3. The zero-order valence-corrected chi connectivity index (χ0v) is 7.75. The molecule has 1 atom stereocenters. The molecule has 0 spiro atoms. The van der Waals surface area contributed by atoms with Crippen LogP contribution in [0.15, 0.2) is 0 Å². The van der Waals surface area contributed by atoms with Crippen LogP contribution in [0.4, 0.5) is 13.2 Å². The smallest absolute Gasteiger partial charge is 0.471 e. The Morgan fingerprint density at radius 2 is 1.87 bits per heavy atom. The van der Waals surface area contributed by atoms with Crippen LogP contribution < -0.4 is 0 Å². The van der Waals surface area contributed by atoms with Gasteiger partial charge in [0.15, 0.2) is 0 Å². The number of carboxylic acids is 1. The molecule has 0 aromatic heterocycles. The summed E-state index contributed by atoms with van der Waals surface area (Å²) in [5.74, 6) is -3.44. The van der Waals surface area contributed by atoms with Gasteiger partial charge in [0.1, 0.15) is 6.04 Å². The quantitative estimate of drug-likeness (QED) is 0.724. The minimum atomic E-state index is -5.00. The largest absolute Gasteiger partial charge is 0.480 e. The van der Waals surface area contributed by atoms with Gasteiger partial charge in [-0.25, -0.2) is 4.79 Å². The average Bonchev–Trinajstić information content (AvgIpc) is 2.15. The van der Waals surface area contributed by atoms with E-state index in [9.17, 15) is 22.8 Å². The Morgan fingerprint density at radius 3 is 2.33 bits per heavy atom. The molecule has 1 saturated heterocycles. The van der Waals surface area contributed by atoms with Crippen molar-refractivity contribution in [2.75, 3.05) is 6.54 Å². The van der Waals surface area contributed by atoms with Crippen molar-refractivity contribution < 1.29 is 27.9 Å². The lowest BCUT2D eigenvalue weighted by Gasteiger charge is -2.33. The Kier molecular flexibility index (Phi) is 3.21. The summed E-state index contributed by atoms with van der Waals surface area (Å²) in [6.07, 6.45) is -3.98. The number of rotatable bonds is 1. The molecule has 0 radical (unpaired) electrons. The first-order valence-corrected chi connectivity index (χ1v) is 4.44. The maximum Gasteiger partial charge on any atom is 0.471 e. The molecule has 1 N–H and O–H groups in total. The zero-order valence-electron chi connectivity index (χ0n) is 7.75. The van der Waals surface area contributed by atoms with Crippen LogP contribution in [0.1, 0.15) is 19.3 Å². The van der Waals surface area contributed by atoms with E-state index in [0.717, 1.165) is 0 Å². The summed E-state index contributed by atoms with van der Waals surface area (Å²) in [7, 11) is 0. The molecule has 0 aromatic rings. The maximum absolute atomic E-state index is 12.1. The van der Waals surface area contributed by atoms with E-state index in [4.69, 9.17) is 5.11 Å². The van der Waals surface area contributed by atoms with Crippen molar-refractivity contribution in [2.24, 2.45) is 0 Å². The van der Waals surface area contributed by atoms with Crippen molar-refractivity contribution in [3.8, 4) is 0 Å². The number of carboxylic acid groups (broad SMARTS) is 1. The molecule has 0 aliphatic carbocycles. The number of piperidine rings is 1. The standard InChI is InChI=1S/C8H10F3NO3/c9-8(10,11)7(15)12-4-2-1-3-5(12)6(13)14/h5H,1-4H2,(H,13,14)/t5-/m1/s1. The minimum absolute atomic E-state index is 0.0805. The molecule has 1 heterocycles. The lowest BCUT2D eigenvalue weighted by Crippen LogP contribution is -2.52. The van der Waals surface area contributed by atoms with E-state index in [1.165, 1.54) is 0 Å². The maximum atomic E-state index is 12.1. The average molecular weight is 225 g/mol. The monoisotopic (exact) mass is 225 g/mol. The van der Waals surface area contributed by atoms with Gasteiger partial charge in [0, 0.05) is 6.54 Å². The Labute approximate surface area is 83.7 Å². The first-order chi connectivity index (χ1) is 6.84. The van der Waals surface area contributed by atoms with Crippen LogP contribution in [0.2, 0.25) is 0 Å². The molecule has 0 unspecified atom stereocenters. The number of carbonyl (C=O) groups excluding carboxylic acids is 1. The second-order valence-electron chi connectivity index (χ2n) is 3.35. The molecule has 1 aliphatic rings. The normalized spacial score (nSPS) is 22.6. The Hall–Kier alpha value is -1.27. The number of hydrogen-bond donors (Lipinski definition) is 1. The van der Waals surface area contributed by atoms with Gasteiger partial charge < -0.3 is 10.0 Å². The summed E-state index contributed by atoms with van der Waals surface area (Å²) < 4.78 is 36.3. The number of nitrogens with zero attached hydrogens (tertiary/aromatic N) is 1. The van der Waals surface area contributed by atoms with Gasteiger partial charge in [-0.2, -0.15) is 13.2 Å². The van der Waals surface area contributed by atoms with Crippen LogP contribution in [-0.2, 0) is 9.59 Å². The second kappa shape index (κ2) is 4.08. The number of amides is 1. The summed E-state index contributed by atoms with van der Waals surface area (Å²) >= 11 is 0. The fraction of sp³-hybridized carbons (Fsp3) is 0.750. The summed E-state index contributed by atoms with van der Waals surface area (Å²) in [5.41, 5.74) is 0. The Balaban J connectivity index is 2.81. The third-order valence-electron chi connectivity index (χ3n) is 2.29. The van der Waals surface area contributed by atoms with E-state index < -0.39 is 24.1 Å². The van der Waals surface area contributed by atoms with Crippen LogP contribution >= 0.6 is 0 Å². The number of likely N-dealkylation sites (tertiary alicyclic amines) is 1. The molecule has 1 rings (SSSR count). The van der Waals surface area contributed by atoms with Gasteiger partial charge in [-0.15, -0.1) is 0 Å². The van der Waals surface area contributed by atoms with Crippen LogP contribution in [0, 0.1) is 0 Å². The summed E-state index contributed by atoms with van der Waals surface area (Å²) in [4.78, 5) is 21.9. The van der Waals surface area contributed by atoms with Crippen LogP contribution in [0.3, 0.4) is 0 Å². The van der Waals surface area contributed by atoms with Gasteiger partial charge in [-0.1, -0.05) is 0 Å². The van der Waals surface area contributed by atoms with E-state index >= 15 is 0 Å². The molecule has 0 saturated carbocycles. The Bertz CT molecular complexity index is 277. The molecule has 1 amide bonds.